The molecule has 2 nitrogen and oxygen atoms in total. The summed E-state index contributed by atoms with van der Waals surface area (Å²) < 4.78 is 6.48. The highest BCUT2D eigenvalue weighted by Gasteiger charge is 2.24. The third-order valence-corrected chi connectivity index (χ3v) is 4.10. The molecule has 1 aromatic carbocycles. The molecule has 0 radical (unpaired) electrons. The first-order valence-electron chi connectivity index (χ1n) is 6.51. The number of hydrogen-bond acceptors (Lipinski definition) is 2. The van der Waals surface area contributed by atoms with Crippen molar-refractivity contribution < 1.29 is 4.74 Å². The van der Waals surface area contributed by atoms with Gasteiger partial charge in [-0.3, -0.25) is 0 Å². The van der Waals surface area contributed by atoms with E-state index in [1.54, 1.807) is 7.11 Å². The predicted octanol–water partition coefficient (Wildman–Crippen LogP) is 4.03. The van der Waals surface area contributed by atoms with E-state index in [0.717, 1.165) is 18.7 Å². The smallest absolute Gasteiger partial charge is 0.119 e. The lowest BCUT2D eigenvalue weighted by Crippen LogP contribution is -2.31. The minimum absolute atomic E-state index is 0.290. The Morgan fingerprint density at radius 2 is 2.11 bits per heavy atom. The molecule has 0 heterocycles. The fraction of sp³-hybridized carbons (Fsp3) is 0.600. The van der Waals surface area contributed by atoms with Crippen LogP contribution in [0.1, 0.15) is 32.3 Å². The van der Waals surface area contributed by atoms with Gasteiger partial charge < -0.3 is 10.1 Å². The number of ether oxygens (including phenoxy) is 1. The highest BCUT2D eigenvalue weighted by atomic mass is 79.9. The van der Waals surface area contributed by atoms with Gasteiger partial charge in [-0.1, -0.05) is 36.2 Å². The van der Waals surface area contributed by atoms with Crippen molar-refractivity contribution in [3.05, 3.63) is 28.2 Å². The van der Waals surface area contributed by atoms with Crippen LogP contribution in [0.5, 0.6) is 5.75 Å². The first-order chi connectivity index (χ1) is 8.54. The Labute approximate surface area is 119 Å². The Morgan fingerprint density at radius 3 is 2.67 bits per heavy atom. The van der Waals surface area contributed by atoms with Gasteiger partial charge in [-0.25, -0.2) is 0 Å². The number of nitrogens with one attached hydrogen (secondary N) is 1. The van der Waals surface area contributed by atoms with Gasteiger partial charge in [0, 0.05) is 11.0 Å². The van der Waals surface area contributed by atoms with E-state index in [1.807, 2.05) is 13.1 Å². The monoisotopic (exact) mass is 313 g/mol. The van der Waals surface area contributed by atoms with E-state index >= 15 is 0 Å². The van der Waals surface area contributed by atoms with Gasteiger partial charge in [0.15, 0.2) is 0 Å². The van der Waals surface area contributed by atoms with E-state index < -0.39 is 0 Å². The van der Waals surface area contributed by atoms with E-state index in [4.69, 9.17) is 4.74 Å². The molecular weight excluding hydrogens is 290 g/mol. The van der Waals surface area contributed by atoms with Crippen LogP contribution in [0.3, 0.4) is 0 Å². The molecule has 0 aliphatic rings. The molecule has 18 heavy (non-hydrogen) atoms. The summed E-state index contributed by atoms with van der Waals surface area (Å²) in [6, 6.07) is 6.19. The fourth-order valence-corrected chi connectivity index (χ4v) is 2.93. The molecule has 3 heteroatoms. The van der Waals surface area contributed by atoms with Crippen molar-refractivity contribution in [1.82, 2.24) is 5.32 Å². The average molecular weight is 314 g/mol. The van der Waals surface area contributed by atoms with Crippen molar-refractivity contribution in [1.29, 1.82) is 0 Å². The van der Waals surface area contributed by atoms with E-state index in [-0.39, 0.29) is 0 Å². The standard InChI is InChI=1S/C15H24BrNO/c1-5-8-15(2,11-17-3)10-12-9-13(18-4)6-7-14(12)16/h6-7,9,17H,5,8,10-11H2,1-4H3. The van der Waals surface area contributed by atoms with Gasteiger partial charge in [0.2, 0.25) is 0 Å². The van der Waals surface area contributed by atoms with E-state index in [0.29, 0.717) is 5.41 Å². The minimum atomic E-state index is 0.290. The lowest BCUT2D eigenvalue weighted by molar-refractivity contribution is 0.282. The van der Waals surface area contributed by atoms with Crippen LogP contribution in [-0.2, 0) is 6.42 Å². The van der Waals surface area contributed by atoms with Gasteiger partial charge in [0.25, 0.3) is 0 Å². The zero-order valence-corrected chi connectivity index (χ0v) is 13.4. The SMILES string of the molecule is CCCC(C)(CNC)Cc1cc(OC)ccc1Br. The summed E-state index contributed by atoms with van der Waals surface area (Å²) >= 11 is 3.64. The predicted molar refractivity (Wildman–Crippen MR) is 81.3 cm³/mol. The maximum atomic E-state index is 5.31. The quantitative estimate of drug-likeness (QED) is 0.820. The van der Waals surface area contributed by atoms with Crippen molar-refractivity contribution in [3.8, 4) is 5.75 Å². The molecule has 0 saturated carbocycles. The van der Waals surface area contributed by atoms with Gasteiger partial charge in [-0.15, -0.1) is 0 Å². The summed E-state index contributed by atoms with van der Waals surface area (Å²) in [7, 11) is 3.74. The molecule has 102 valence electrons. The summed E-state index contributed by atoms with van der Waals surface area (Å²) in [5.74, 6) is 0.927. The van der Waals surface area contributed by atoms with Gasteiger partial charge in [0.1, 0.15) is 5.75 Å². The Morgan fingerprint density at radius 1 is 1.39 bits per heavy atom. The first kappa shape index (κ1) is 15.5. The largest absolute Gasteiger partial charge is 0.497 e. The molecule has 0 spiro atoms. The first-order valence-corrected chi connectivity index (χ1v) is 7.31. The average Bonchev–Trinajstić information content (AvgIpc) is 2.32. The van der Waals surface area contributed by atoms with Crippen LogP contribution in [0.25, 0.3) is 0 Å². The van der Waals surface area contributed by atoms with Crippen LogP contribution in [0.15, 0.2) is 22.7 Å². The number of benzene rings is 1. The Kier molecular flexibility index (Phi) is 6.16. The highest BCUT2D eigenvalue weighted by Crippen LogP contribution is 2.32. The zero-order valence-electron chi connectivity index (χ0n) is 11.8. The topological polar surface area (TPSA) is 21.3 Å². The molecule has 0 aromatic heterocycles. The molecule has 0 saturated heterocycles. The molecule has 1 rings (SSSR count). The van der Waals surface area contributed by atoms with Crippen LogP contribution in [-0.4, -0.2) is 20.7 Å². The Bertz CT molecular complexity index is 373. The fourth-order valence-electron chi connectivity index (χ4n) is 2.54. The number of hydrogen-bond donors (Lipinski definition) is 1. The summed E-state index contributed by atoms with van der Waals surface area (Å²) in [6.45, 7) is 5.62. The maximum Gasteiger partial charge on any atom is 0.119 e. The van der Waals surface area contributed by atoms with Gasteiger partial charge >= 0.3 is 0 Å². The lowest BCUT2D eigenvalue weighted by Gasteiger charge is -2.30. The summed E-state index contributed by atoms with van der Waals surface area (Å²) in [4.78, 5) is 0. The second-order valence-electron chi connectivity index (χ2n) is 5.23. The van der Waals surface area contributed by atoms with Gasteiger partial charge in [0.05, 0.1) is 7.11 Å². The number of methoxy groups -OCH3 is 1. The summed E-state index contributed by atoms with van der Waals surface area (Å²) in [5, 5.41) is 3.31. The molecule has 0 aliphatic heterocycles. The Hall–Kier alpha value is -0.540. The molecule has 0 amide bonds. The van der Waals surface area contributed by atoms with Gasteiger partial charge in [-0.05, 0) is 49.1 Å². The van der Waals surface area contributed by atoms with E-state index in [2.05, 4.69) is 47.2 Å². The second-order valence-corrected chi connectivity index (χ2v) is 6.08. The normalized spacial score (nSPS) is 14.3. The van der Waals surface area contributed by atoms with Crippen molar-refractivity contribution in [2.24, 2.45) is 5.41 Å². The molecule has 1 N–H and O–H groups in total. The van der Waals surface area contributed by atoms with Crippen molar-refractivity contribution in [2.75, 3.05) is 20.7 Å². The van der Waals surface area contributed by atoms with Crippen LogP contribution < -0.4 is 10.1 Å². The minimum Gasteiger partial charge on any atom is -0.497 e. The third-order valence-electron chi connectivity index (χ3n) is 3.33. The van der Waals surface area contributed by atoms with Crippen molar-refractivity contribution in [2.45, 2.75) is 33.1 Å². The van der Waals surface area contributed by atoms with E-state index in [1.165, 1.54) is 22.9 Å². The third kappa shape index (κ3) is 4.29. The van der Waals surface area contributed by atoms with Crippen molar-refractivity contribution in [3.63, 3.8) is 0 Å². The molecule has 0 fully saturated rings. The maximum absolute atomic E-state index is 5.31. The summed E-state index contributed by atoms with van der Waals surface area (Å²) in [6.07, 6.45) is 3.48. The van der Waals surface area contributed by atoms with Crippen LogP contribution in [0.4, 0.5) is 0 Å². The van der Waals surface area contributed by atoms with Crippen LogP contribution >= 0.6 is 15.9 Å². The number of rotatable bonds is 7. The highest BCUT2D eigenvalue weighted by molar-refractivity contribution is 9.10. The second kappa shape index (κ2) is 7.15. The Balaban J connectivity index is 2.92. The van der Waals surface area contributed by atoms with Gasteiger partial charge in [-0.2, -0.15) is 0 Å². The van der Waals surface area contributed by atoms with E-state index in [9.17, 15) is 0 Å². The van der Waals surface area contributed by atoms with Crippen molar-refractivity contribution >= 4 is 15.9 Å². The molecular formula is C15H24BrNO. The lowest BCUT2D eigenvalue weighted by atomic mass is 9.79. The molecule has 0 bridgehead atoms. The van der Waals surface area contributed by atoms with Crippen LogP contribution in [0.2, 0.25) is 0 Å². The molecule has 1 aromatic rings. The molecule has 1 atom stereocenters. The molecule has 0 aliphatic carbocycles. The summed E-state index contributed by atoms with van der Waals surface area (Å²) in [5.41, 5.74) is 1.61. The van der Waals surface area contributed by atoms with Crippen LogP contribution in [0, 0.1) is 5.41 Å². The number of halogens is 1. The molecule has 1 unspecified atom stereocenters. The zero-order chi connectivity index (χ0) is 13.6.